The van der Waals surface area contributed by atoms with Gasteiger partial charge >= 0.3 is 6.18 Å². The van der Waals surface area contributed by atoms with Crippen LogP contribution in [-0.2, 0) is 6.42 Å². The molecule has 0 aromatic heterocycles. The van der Waals surface area contributed by atoms with E-state index in [1.165, 1.54) is 6.08 Å². The molecule has 0 N–H and O–H groups in total. The number of rotatable bonds is 5. The van der Waals surface area contributed by atoms with E-state index in [1.54, 1.807) is 6.08 Å². The van der Waals surface area contributed by atoms with Crippen molar-refractivity contribution in [1.29, 1.82) is 0 Å². The average molecular weight is 272 g/mol. The van der Waals surface area contributed by atoms with Crippen LogP contribution in [0.25, 0.3) is 0 Å². The predicted molar refractivity (Wildman–Crippen MR) is 65.3 cm³/mol. The van der Waals surface area contributed by atoms with Crippen molar-refractivity contribution < 1.29 is 22.6 Å². The molecule has 0 aliphatic carbocycles. The fourth-order valence-electron chi connectivity index (χ4n) is 1.86. The number of alkyl halides is 3. The molecule has 0 radical (unpaired) electrons. The van der Waals surface area contributed by atoms with E-state index in [4.69, 9.17) is 9.47 Å². The summed E-state index contributed by atoms with van der Waals surface area (Å²) in [7, 11) is 0. The first kappa shape index (κ1) is 13.8. The Morgan fingerprint density at radius 3 is 2.68 bits per heavy atom. The molecule has 1 aliphatic heterocycles. The summed E-state index contributed by atoms with van der Waals surface area (Å²) < 4.78 is 46.1. The molecule has 0 saturated carbocycles. The molecular formula is C14H15F3O2. The maximum absolute atomic E-state index is 11.9. The standard InChI is InChI=1S/C14H15F3O2/c15-14(16,17)8-4-2-1-3-5-11-6-7-12-13(9-11)19-10-18-12/h2,4,6-7,9H,1,3,5,8,10H2/b4-2+. The number of halogens is 3. The van der Waals surface area contributed by atoms with Crippen molar-refractivity contribution >= 4 is 0 Å². The monoisotopic (exact) mass is 272 g/mol. The van der Waals surface area contributed by atoms with E-state index >= 15 is 0 Å². The van der Waals surface area contributed by atoms with Crippen molar-refractivity contribution in [3.8, 4) is 11.5 Å². The first-order valence-electron chi connectivity index (χ1n) is 6.15. The molecule has 1 heterocycles. The number of benzene rings is 1. The Morgan fingerprint density at radius 1 is 1.11 bits per heavy atom. The number of hydrogen-bond donors (Lipinski definition) is 0. The number of ether oxygens (including phenoxy) is 2. The molecule has 0 atom stereocenters. The summed E-state index contributed by atoms with van der Waals surface area (Å²) in [6.07, 6.45) is 0.0798. The smallest absolute Gasteiger partial charge is 0.392 e. The minimum absolute atomic E-state index is 0.249. The molecule has 0 unspecified atom stereocenters. The molecule has 0 amide bonds. The molecule has 0 saturated heterocycles. The zero-order valence-corrected chi connectivity index (χ0v) is 10.4. The number of allylic oxidation sites excluding steroid dienone is 2. The minimum Gasteiger partial charge on any atom is -0.454 e. The molecule has 0 fully saturated rings. The van der Waals surface area contributed by atoms with Crippen LogP contribution in [0.1, 0.15) is 24.8 Å². The Kier molecular flexibility index (Phi) is 4.35. The van der Waals surface area contributed by atoms with Crippen molar-refractivity contribution in [3.63, 3.8) is 0 Å². The summed E-state index contributed by atoms with van der Waals surface area (Å²) in [5.74, 6) is 1.49. The van der Waals surface area contributed by atoms with Gasteiger partial charge in [0.25, 0.3) is 0 Å². The SMILES string of the molecule is FC(F)(F)C/C=C/CCCc1ccc2c(c1)OCO2. The summed E-state index contributed by atoms with van der Waals surface area (Å²) in [6.45, 7) is 0.249. The topological polar surface area (TPSA) is 18.5 Å². The van der Waals surface area contributed by atoms with Gasteiger partial charge in [0.05, 0.1) is 6.42 Å². The third-order valence-electron chi connectivity index (χ3n) is 2.79. The molecule has 1 aromatic rings. The largest absolute Gasteiger partial charge is 0.454 e. The van der Waals surface area contributed by atoms with Crippen LogP contribution in [-0.4, -0.2) is 13.0 Å². The van der Waals surface area contributed by atoms with Gasteiger partial charge < -0.3 is 9.47 Å². The first-order chi connectivity index (χ1) is 9.04. The Morgan fingerprint density at radius 2 is 1.89 bits per heavy atom. The molecule has 2 nitrogen and oxygen atoms in total. The van der Waals surface area contributed by atoms with E-state index in [9.17, 15) is 13.2 Å². The zero-order valence-electron chi connectivity index (χ0n) is 10.4. The van der Waals surface area contributed by atoms with E-state index in [0.29, 0.717) is 6.42 Å². The van der Waals surface area contributed by atoms with Gasteiger partial charge in [0, 0.05) is 0 Å². The maximum Gasteiger partial charge on any atom is 0.392 e. The Labute approximate surface area is 109 Å². The van der Waals surface area contributed by atoms with E-state index < -0.39 is 12.6 Å². The molecule has 104 valence electrons. The van der Waals surface area contributed by atoms with Gasteiger partial charge in [-0.1, -0.05) is 18.2 Å². The van der Waals surface area contributed by atoms with Crippen LogP contribution in [0.3, 0.4) is 0 Å². The molecule has 0 spiro atoms. The highest BCUT2D eigenvalue weighted by atomic mass is 19.4. The lowest BCUT2D eigenvalue weighted by molar-refractivity contribution is -0.125. The fourth-order valence-corrected chi connectivity index (χ4v) is 1.86. The number of hydrogen-bond acceptors (Lipinski definition) is 2. The van der Waals surface area contributed by atoms with Crippen LogP contribution in [0.5, 0.6) is 11.5 Å². The van der Waals surface area contributed by atoms with Crippen molar-refractivity contribution in [3.05, 3.63) is 35.9 Å². The lowest BCUT2D eigenvalue weighted by Crippen LogP contribution is -2.03. The van der Waals surface area contributed by atoms with Gasteiger partial charge in [0.2, 0.25) is 6.79 Å². The Hall–Kier alpha value is -1.65. The quantitative estimate of drug-likeness (QED) is 0.589. The molecule has 5 heteroatoms. The second kappa shape index (κ2) is 5.99. The van der Waals surface area contributed by atoms with Gasteiger partial charge in [-0.05, 0) is 37.0 Å². The van der Waals surface area contributed by atoms with Crippen LogP contribution >= 0.6 is 0 Å². The highest BCUT2D eigenvalue weighted by molar-refractivity contribution is 5.44. The number of unbranched alkanes of at least 4 members (excludes halogenated alkanes) is 1. The van der Waals surface area contributed by atoms with Crippen molar-refractivity contribution in [2.45, 2.75) is 31.9 Å². The summed E-state index contributed by atoms with van der Waals surface area (Å²) in [4.78, 5) is 0. The van der Waals surface area contributed by atoms with E-state index in [0.717, 1.165) is 29.9 Å². The fraction of sp³-hybridized carbons (Fsp3) is 0.429. The number of fused-ring (bicyclic) bond motifs is 1. The highest BCUT2D eigenvalue weighted by Gasteiger charge is 2.24. The van der Waals surface area contributed by atoms with Gasteiger partial charge in [-0.2, -0.15) is 13.2 Å². The highest BCUT2D eigenvalue weighted by Crippen LogP contribution is 2.32. The Balaban J connectivity index is 1.71. The summed E-state index contributed by atoms with van der Waals surface area (Å²) in [5, 5.41) is 0. The molecule has 2 rings (SSSR count). The maximum atomic E-state index is 11.9. The lowest BCUT2D eigenvalue weighted by atomic mass is 10.1. The number of aryl methyl sites for hydroxylation is 1. The molecular weight excluding hydrogens is 257 g/mol. The van der Waals surface area contributed by atoms with Gasteiger partial charge in [0.1, 0.15) is 0 Å². The predicted octanol–water partition coefficient (Wildman–Crippen LogP) is 4.25. The van der Waals surface area contributed by atoms with Crippen LogP contribution in [0.2, 0.25) is 0 Å². The first-order valence-corrected chi connectivity index (χ1v) is 6.15. The lowest BCUT2D eigenvalue weighted by Gasteiger charge is -2.02. The van der Waals surface area contributed by atoms with Crippen molar-refractivity contribution in [1.82, 2.24) is 0 Å². The van der Waals surface area contributed by atoms with Gasteiger partial charge in [-0.25, -0.2) is 0 Å². The zero-order chi connectivity index (χ0) is 13.7. The molecule has 1 aliphatic rings. The van der Waals surface area contributed by atoms with Crippen molar-refractivity contribution in [2.24, 2.45) is 0 Å². The second-order valence-corrected chi connectivity index (χ2v) is 4.37. The summed E-state index contributed by atoms with van der Waals surface area (Å²) >= 11 is 0. The summed E-state index contributed by atoms with van der Waals surface area (Å²) in [6, 6.07) is 5.73. The van der Waals surface area contributed by atoms with Gasteiger partial charge in [-0.15, -0.1) is 0 Å². The molecule has 19 heavy (non-hydrogen) atoms. The minimum atomic E-state index is -4.10. The second-order valence-electron chi connectivity index (χ2n) is 4.37. The molecule has 0 bridgehead atoms. The van der Waals surface area contributed by atoms with E-state index in [2.05, 4.69) is 0 Å². The molecule has 1 aromatic carbocycles. The summed E-state index contributed by atoms with van der Waals surface area (Å²) in [5.41, 5.74) is 1.11. The van der Waals surface area contributed by atoms with Crippen LogP contribution in [0.15, 0.2) is 30.4 Å². The van der Waals surface area contributed by atoms with Gasteiger partial charge in [-0.3, -0.25) is 0 Å². The van der Waals surface area contributed by atoms with Crippen LogP contribution in [0, 0.1) is 0 Å². The van der Waals surface area contributed by atoms with E-state index in [-0.39, 0.29) is 6.79 Å². The van der Waals surface area contributed by atoms with Crippen LogP contribution in [0.4, 0.5) is 13.2 Å². The van der Waals surface area contributed by atoms with Crippen LogP contribution < -0.4 is 9.47 Å². The van der Waals surface area contributed by atoms with E-state index in [1.807, 2.05) is 18.2 Å². The third-order valence-corrected chi connectivity index (χ3v) is 2.79. The normalized spacial score (nSPS) is 14.3. The average Bonchev–Trinajstić information content (AvgIpc) is 2.79. The Bertz CT molecular complexity index is 452. The van der Waals surface area contributed by atoms with Gasteiger partial charge in [0.15, 0.2) is 11.5 Å². The van der Waals surface area contributed by atoms with Crippen molar-refractivity contribution in [2.75, 3.05) is 6.79 Å². The third kappa shape index (κ3) is 4.50.